The van der Waals surface area contributed by atoms with E-state index in [9.17, 15) is 14.4 Å². The summed E-state index contributed by atoms with van der Waals surface area (Å²) >= 11 is 0. The molecule has 1 aliphatic rings. The van der Waals surface area contributed by atoms with E-state index in [0.717, 1.165) is 15.7 Å². The van der Waals surface area contributed by atoms with Gasteiger partial charge in [0.25, 0.3) is 5.91 Å². The number of anilines is 1. The molecule has 3 aromatic rings. The lowest BCUT2D eigenvalue weighted by atomic mass is 9.91. The van der Waals surface area contributed by atoms with Crippen molar-refractivity contribution in [3.05, 3.63) is 77.9 Å². The molecule has 0 aromatic heterocycles. The minimum Gasteiger partial charge on any atom is -0.324 e. The molecule has 7 nitrogen and oxygen atoms in total. The van der Waals surface area contributed by atoms with Gasteiger partial charge < -0.3 is 10.6 Å². The van der Waals surface area contributed by atoms with E-state index in [0.29, 0.717) is 16.8 Å². The number of nitriles is 1. The van der Waals surface area contributed by atoms with E-state index in [4.69, 9.17) is 5.26 Å². The number of nitrogens with one attached hydrogen (secondary N) is 2. The third-order valence-corrected chi connectivity index (χ3v) is 5.23. The maximum absolute atomic E-state index is 13.0. The van der Waals surface area contributed by atoms with E-state index >= 15 is 0 Å². The second-order valence-corrected chi connectivity index (χ2v) is 7.21. The summed E-state index contributed by atoms with van der Waals surface area (Å²) in [5.74, 6) is -0.996. The van der Waals surface area contributed by atoms with E-state index in [-0.39, 0.29) is 0 Å². The van der Waals surface area contributed by atoms with Crippen molar-refractivity contribution in [3.8, 4) is 6.07 Å². The smallest absolute Gasteiger partial charge is 0.324 e. The molecule has 4 amide bonds. The molecule has 1 unspecified atom stereocenters. The molecule has 1 fully saturated rings. The van der Waals surface area contributed by atoms with Crippen LogP contribution in [0, 0.1) is 11.3 Å². The van der Waals surface area contributed by atoms with E-state index < -0.39 is 29.9 Å². The molecule has 7 heteroatoms. The number of hydrogen-bond donors (Lipinski definition) is 2. The molecule has 1 heterocycles. The fraction of sp³-hybridized carbons (Fsp3) is 0.130. The number of urea groups is 1. The zero-order valence-corrected chi connectivity index (χ0v) is 16.2. The Bertz CT molecular complexity index is 1210. The van der Waals surface area contributed by atoms with Crippen molar-refractivity contribution in [1.29, 1.82) is 5.26 Å². The summed E-state index contributed by atoms with van der Waals surface area (Å²) in [6, 6.07) is 20.9. The van der Waals surface area contributed by atoms with Gasteiger partial charge in [0.1, 0.15) is 12.1 Å². The summed E-state index contributed by atoms with van der Waals surface area (Å²) in [6.45, 7) is 1.18. The number of fused-ring (bicyclic) bond motifs is 1. The van der Waals surface area contributed by atoms with Gasteiger partial charge >= 0.3 is 6.03 Å². The predicted octanol–water partition coefficient (Wildman–Crippen LogP) is 3.12. The molecule has 1 aliphatic heterocycles. The standard InChI is InChI=1S/C23H18N4O3/c1-23(17-11-9-15(13-24)10-12-17)21(29)27(22(30)26-23)14-20(28)25-19-8-4-6-16-5-2-3-7-18(16)19/h2-12H,14H2,1H3,(H,25,28)(H,26,30). The lowest BCUT2D eigenvalue weighted by Crippen LogP contribution is -2.42. The predicted molar refractivity (Wildman–Crippen MR) is 111 cm³/mol. The van der Waals surface area contributed by atoms with Crippen molar-refractivity contribution in [2.45, 2.75) is 12.5 Å². The fourth-order valence-corrected chi connectivity index (χ4v) is 3.58. The Morgan fingerprint density at radius 1 is 1.07 bits per heavy atom. The van der Waals surface area contributed by atoms with Gasteiger partial charge in [-0.1, -0.05) is 48.5 Å². The number of nitrogens with zero attached hydrogens (tertiary/aromatic N) is 2. The number of carbonyl (C=O) groups excluding carboxylic acids is 3. The Hall–Kier alpha value is -4.18. The van der Waals surface area contributed by atoms with Crippen LogP contribution in [0.1, 0.15) is 18.1 Å². The van der Waals surface area contributed by atoms with Crippen molar-refractivity contribution in [2.75, 3.05) is 11.9 Å². The Morgan fingerprint density at radius 3 is 2.50 bits per heavy atom. The highest BCUT2D eigenvalue weighted by Gasteiger charge is 2.49. The van der Waals surface area contributed by atoms with Crippen LogP contribution in [0.25, 0.3) is 10.8 Å². The average molecular weight is 398 g/mol. The van der Waals surface area contributed by atoms with Crippen molar-refractivity contribution in [2.24, 2.45) is 0 Å². The lowest BCUT2D eigenvalue weighted by molar-refractivity contribution is -0.133. The van der Waals surface area contributed by atoms with Crippen LogP contribution in [-0.2, 0) is 15.1 Å². The van der Waals surface area contributed by atoms with Gasteiger partial charge in [-0.2, -0.15) is 5.26 Å². The van der Waals surface area contributed by atoms with E-state index in [1.165, 1.54) is 0 Å². The highest BCUT2D eigenvalue weighted by Crippen LogP contribution is 2.29. The van der Waals surface area contributed by atoms with Gasteiger partial charge in [0, 0.05) is 11.1 Å². The van der Waals surface area contributed by atoms with Gasteiger partial charge in [0.2, 0.25) is 5.91 Å². The second kappa shape index (κ2) is 7.33. The van der Waals surface area contributed by atoms with Crippen LogP contribution in [0.5, 0.6) is 0 Å². The largest absolute Gasteiger partial charge is 0.325 e. The molecule has 0 aliphatic carbocycles. The molecule has 3 aromatic carbocycles. The van der Waals surface area contributed by atoms with Gasteiger partial charge in [0.05, 0.1) is 11.6 Å². The van der Waals surface area contributed by atoms with Gasteiger partial charge in [-0.25, -0.2) is 4.79 Å². The molecular weight excluding hydrogens is 380 g/mol. The van der Waals surface area contributed by atoms with Crippen molar-refractivity contribution in [1.82, 2.24) is 10.2 Å². The van der Waals surface area contributed by atoms with Crippen molar-refractivity contribution in [3.63, 3.8) is 0 Å². The number of rotatable bonds is 4. The van der Waals surface area contributed by atoms with Crippen LogP contribution in [-0.4, -0.2) is 29.3 Å². The molecule has 0 radical (unpaired) electrons. The molecule has 1 saturated heterocycles. The molecule has 148 valence electrons. The second-order valence-electron chi connectivity index (χ2n) is 7.21. The molecule has 1 atom stereocenters. The Kier molecular flexibility index (Phi) is 4.68. The summed E-state index contributed by atoms with van der Waals surface area (Å²) in [6.07, 6.45) is 0. The van der Waals surface area contributed by atoms with Gasteiger partial charge in [-0.3, -0.25) is 14.5 Å². The lowest BCUT2D eigenvalue weighted by Gasteiger charge is -2.22. The molecule has 0 bridgehead atoms. The summed E-state index contributed by atoms with van der Waals surface area (Å²) < 4.78 is 0. The number of benzene rings is 3. The van der Waals surface area contributed by atoms with Crippen LogP contribution in [0.15, 0.2) is 66.7 Å². The summed E-state index contributed by atoms with van der Waals surface area (Å²) in [4.78, 5) is 39.0. The highest BCUT2D eigenvalue weighted by molar-refractivity contribution is 6.11. The summed E-state index contributed by atoms with van der Waals surface area (Å²) in [7, 11) is 0. The normalized spacial score (nSPS) is 18.2. The minimum atomic E-state index is -1.30. The van der Waals surface area contributed by atoms with Crippen molar-refractivity contribution >= 4 is 34.3 Å². The molecule has 0 spiro atoms. The van der Waals surface area contributed by atoms with Crippen LogP contribution in [0.2, 0.25) is 0 Å². The minimum absolute atomic E-state index is 0.403. The molecular formula is C23H18N4O3. The first-order valence-electron chi connectivity index (χ1n) is 9.35. The topological polar surface area (TPSA) is 102 Å². The van der Waals surface area contributed by atoms with Gasteiger partial charge in [-0.15, -0.1) is 0 Å². The van der Waals surface area contributed by atoms with Crippen LogP contribution < -0.4 is 10.6 Å². The SMILES string of the molecule is CC1(c2ccc(C#N)cc2)NC(=O)N(CC(=O)Nc2cccc3ccccc23)C1=O. The molecule has 2 N–H and O–H groups in total. The van der Waals surface area contributed by atoms with E-state index in [1.807, 2.05) is 42.5 Å². The highest BCUT2D eigenvalue weighted by atomic mass is 16.2. The summed E-state index contributed by atoms with van der Waals surface area (Å²) in [5, 5.41) is 16.2. The maximum Gasteiger partial charge on any atom is 0.325 e. The average Bonchev–Trinajstić information content (AvgIpc) is 2.98. The van der Waals surface area contributed by atoms with Crippen LogP contribution >= 0.6 is 0 Å². The number of hydrogen-bond acceptors (Lipinski definition) is 4. The van der Waals surface area contributed by atoms with Crippen LogP contribution in [0.4, 0.5) is 10.5 Å². The number of carbonyl (C=O) groups is 3. The third kappa shape index (κ3) is 3.25. The fourth-order valence-electron chi connectivity index (χ4n) is 3.58. The van der Waals surface area contributed by atoms with Gasteiger partial charge in [0.15, 0.2) is 0 Å². The van der Waals surface area contributed by atoms with Crippen LogP contribution in [0.3, 0.4) is 0 Å². The first kappa shape index (κ1) is 19.2. The Labute approximate surface area is 172 Å². The summed E-state index contributed by atoms with van der Waals surface area (Å²) in [5.41, 5.74) is 0.299. The third-order valence-electron chi connectivity index (χ3n) is 5.23. The first-order valence-corrected chi connectivity index (χ1v) is 9.35. The quantitative estimate of drug-likeness (QED) is 0.659. The zero-order valence-electron chi connectivity index (χ0n) is 16.2. The molecule has 30 heavy (non-hydrogen) atoms. The molecule has 0 saturated carbocycles. The van der Waals surface area contributed by atoms with E-state index in [2.05, 4.69) is 10.6 Å². The number of amides is 4. The molecule has 4 rings (SSSR count). The monoisotopic (exact) mass is 398 g/mol. The first-order chi connectivity index (χ1) is 14.4. The van der Waals surface area contributed by atoms with E-state index in [1.54, 1.807) is 37.3 Å². The van der Waals surface area contributed by atoms with Gasteiger partial charge in [-0.05, 0) is 36.1 Å². The maximum atomic E-state index is 13.0. The van der Waals surface area contributed by atoms with Crippen molar-refractivity contribution < 1.29 is 14.4 Å². The Balaban J connectivity index is 1.53. The number of imide groups is 1. The Morgan fingerprint density at radius 2 is 1.77 bits per heavy atom. The zero-order chi connectivity index (χ0) is 21.3.